The zero-order chi connectivity index (χ0) is 20.8. The lowest BCUT2D eigenvalue weighted by atomic mass is 9.76. The lowest BCUT2D eigenvalue weighted by Crippen LogP contribution is -2.49. The van der Waals surface area contributed by atoms with E-state index < -0.39 is 8.32 Å². The van der Waals surface area contributed by atoms with Crippen LogP contribution in [0.3, 0.4) is 0 Å². The molecule has 6 heteroatoms. The maximum atomic E-state index is 6.82. The molecule has 0 unspecified atom stereocenters. The summed E-state index contributed by atoms with van der Waals surface area (Å²) in [5.74, 6) is 0. The molecule has 1 aliphatic heterocycles. The maximum absolute atomic E-state index is 6.82. The van der Waals surface area contributed by atoms with Crippen molar-refractivity contribution >= 4 is 31.4 Å². The van der Waals surface area contributed by atoms with Crippen molar-refractivity contribution in [3.8, 4) is 0 Å². The Morgan fingerprint density at radius 3 is 1.85 bits per heavy atom. The van der Waals surface area contributed by atoms with Gasteiger partial charge >= 0.3 is 7.12 Å². The molecule has 1 rings (SSSR count). The van der Waals surface area contributed by atoms with Crippen molar-refractivity contribution in [2.75, 3.05) is 0 Å². The van der Waals surface area contributed by atoms with E-state index in [1.807, 2.05) is 6.08 Å². The highest BCUT2D eigenvalue weighted by Gasteiger charge is 2.54. The van der Waals surface area contributed by atoms with Crippen LogP contribution in [0.25, 0.3) is 0 Å². The van der Waals surface area contributed by atoms with Gasteiger partial charge in [-0.05, 0) is 52.2 Å². The number of halogens is 1. The SMILES string of the molecule is C=CC(C)(C)[C@H](C[C@H](Br)B1OC(C)(C)C(C)(C)O1)O[Si](C)(C)C(C)(C)C. The summed E-state index contributed by atoms with van der Waals surface area (Å²) in [5, 5.41) is 0.161. The molecule has 0 radical (unpaired) electrons. The van der Waals surface area contributed by atoms with E-state index in [0.29, 0.717) is 0 Å². The fourth-order valence-electron chi connectivity index (χ4n) is 2.52. The Morgan fingerprint density at radius 1 is 1.08 bits per heavy atom. The Labute approximate surface area is 172 Å². The summed E-state index contributed by atoms with van der Waals surface area (Å²) in [6, 6.07) is 0. The second-order valence-electron chi connectivity index (χ2n) is 10.8. The second-order valence-corrected chi connectivity index (χ2v) is 16.7. The topological polar surface area (TPSA) is 27.7 Å². The van der Waals surface area contributed by atoms with Gasteiger partial charge in [-0.2, -0.15) is 0 Å². The number of hydrogen-bond acceptors (Lipinski definition) is 3. The Balaban J connectivity index is 2.99. The molecular weight excluding hydrogens is 407 g/mol. The van der Waals surface area contributed by atoms with E-state index in [1.165, 1.54) is 0 Å². The molecule has 0 amide bonds. The zero-order valence-electron chi connectivity index (χ0n) is 18.8. The smallest absolute Gasteiger partial charge is 0.413 e. The summed E-state index contributed by atoms with van der Waals surface area (Å²) in [7, 11) is -2.19. The first-order valence-corrected chi connectivity index (χ1v) is 13.5. The van der Waals surface area contributed by atoms with Crippen molar-refractivity contribution in [2.24, 2.45) is 5.41 Å². The monoisotopic (exact) mass is 446 g/mol. The van der Waals surface area contributed by atoms with E-state index in [1.54, 1.807) is 0 Å². The Bertz CT molecular complexity index is 496. The summed E-state index contributed by atoms with van der Waals surface area (Å²) in [5.41, 5.74) is -0.786. The van der Waals surface area contributed by atoms with Gasteiger partial charge in [0, 0.05) is 5.41 Å². The average molecular weight is 447 g/mol. The van der Waals surface area contributed by atoms with Crippen LogP contribution in [0.2, 0.25) is 18.1 Å². The highest BCUT2D eigenvalue weighted by molar-refractivity contribution is 9.10. The van der Waals surface area contributed by atoms with Gasteiger partial charge in [0.25, 0.3) is 0 Å². The molecule has 0 aromatic rings. The van der Waals surface area contributed by atoms with Gasteiger partial charge in [-0.1, -0.05) is 56.6 Å². The maximum Gasteiger partial charge on any atom is 0.472 e. The van der Waals surface area contributed by atoms with Crippen LogP contribution >= 0.6 is 15.9 Å². The predicted octanol–water partition coefficient (Wildman–Crippen LogP) is 6.37. The minimum Gasteiger partial charge on any atom is -0.413 e. The van der Waals surface area contributed by atoms with Crippen LogP contribution in [0.5, 0.6) is 0 Å². The molecule has 0 saturated carbocycles. The molecule has 1 fully saturated rings. The van der Waals surface area contributed by atoms with Gasteiger partial charge in [0.1, 0.15) is 0 Å². The number of hydrogen-bond donors (Lipinski definition) is 0. The number of rotatable bonds is 7. The predicted molar refractivity (Wildman–Crippen MR) is 119 cm³/mol. The number of alkyl halides is 1. The standard InChI is InChI=1S/C20H40BBrO3Si/c1-13-18(5,6)15(23-26(11,12)17(2,3)4)14-16(22)21-24-19(7,8)20(9,10)25-21/h13,15-16H,1,14H2,2-12H3/t15-,16-/m0/s1. The molecule has 0 aromatic carbocycles. The first-order chi connectivity index (χ1) is 11.4. The lowest BCUT2D eigenvalue weighted by molar-refractivity contribution is 0.00578. The molecule has 1 heterocycles. The van der Waals surface area contributed by atoms with E-state index in [9.17, 15) is 0 Å². The van der Waals surface area contributed by atoms with Crippen LogP contribution in [-0.2, 0) is 13.7 Å². The molecule has 0 spiro atoms. The molecule has 0 aliphatic carbocycles. The summed E-state index contributed by atoms with van der Waals surface area (Å²) in [4.78, 5) is 0. The Kier molecular flexibility index (Phi) is 7.19. The van der Waals surface area contributed by atoms with E-state index in [0.717, 1.165) is 6.42 Å². The first-order valence-electron chi connectivity index (χ1n) is 9.67. The third kappa shape index (κ3) is 5.25. The van der Waals surface area contributed by atoms with Gasteiger partial charge in [0.15, 0.2) is 8.32 Å². The van der Waals surface area contributed by atoms with Gasteiger partial charge in [0.05, 0.1) is 22.0 Å². The van der Waals surface area contributed by atoms with Crippen LogP contribution in [0.4, 0.5) is 0 Å². The third-order valence-electron chi connectivity index (χ3n) is 6.61. The molecule has 3 nitrogen and oxygen atoms in total. The van der Waals surface area contributed by atoms with Gasteiger partial charge < -0.3 is 13.7 Å². The van der Waals surface area contributed by atoms with Gasteiger partial charge in [0.2, 0.25) is 0 Å². The average Bonchev–Trinajstić information content (AvgIpc) is 2.65. The summed E-state index contributed by atoms with van der Waals surface area (Å²) >= 11 is 3.84. The molecule has 0 bridgehead atoms. The van der Waals surface area contributed by atoms with Crippen molar-refractivity contribution in [1.29, 1.82) is 0 Å². The van der Waals surface area contributed by atoms with Crippen molar-refractivity contribution in [3.63, 3.8) is 0 Å². The fourth-order valence-corrected chi connectivity index (χ4v) is 4.54. The quantitative estimate of drug-likeness (QED) is 0.258. The van der Waals surface area contributed by atoms with Crippen molar-refractivity contribution in [3.05, 3.63) is 12.7 Å². The highest BCUT2D eigenvalue weighted by atomic mass is 79.9. The van der Waals surface area contributed by atoms with Crippen LogP contribution in [0, 0.1) is 5.41 Å². The van der Waals surface area contributed by atoms with Gasteiger partial charge in [-0.15, -0.1) is 6.58 Å². The van der Waals surface area contributed by atoms with Crippen LogP contribution in [0.1, 0.15) is 68.7 Å². The minimum atomic E-state index is -1.91. The van der Waals surface area contributed by atoms with E-state index in [-0.39, 0.29) is 39.6 Å². The summed E-state index contributed by atoms with van der Waals surface area (Å²) in [6.07, 6.45) is 2.86. The Hall–Kier alpha value is 0.382. The largest absolute Gasteiger partial charge is 0.472 e. The van der Waals surface area contributed by atoms with Crippen LogP contribution < -0.4 is 0 Å². The molecular formula is C20H40BBrO3Si. The van der Waals surface area contributed by atoms with E-state index in [2.05, 4.69) is 97.9 Å². The zero-order valence-corrected chi connectivity index (χ0v) is 21.4. The lowest BCUT2D eigenvalue weighted by Gasteiger charge is -2.44. The van der Waals surface area contributed by atoms with E-state index in [4.69, 9.17) is 13.7 Å². The van der Waals surface area contributed by atoms with Crippen molar-refractivity contribution < 1.29 is 13.7 Å². The Morgan fingerprint density at radius 2 is 1.50 bits per heavy atom. The van der Waals surface area contributed by atoms with E-state index >= 15 is 0 Å². The second kappa shape index (κ2) is 7.66. The third-order valence-corrected chi connectivity index (χ3v) is 11.9. The highest BCUT2D eigenvalue weighted by Crippen LogP contribution is 2.43. The van der Waals surface area contributed by atoms with Gasteiger partial charge in [-0.3, -0.25) is 0 Å². The fraction of sp³-hybridized carbons (Fsp3) is 0.900. The van der Waals surface area contributed by atoms with Crippen LogP contribution in [0.15, 0.2) is 12.7 Å². The molecule has 0 N–H and O–H groups in total. The normalized spacial score (nSPS) is 23.0. The first kappa shape index (κ1) is 24.4. The molecule has 26 heavy (non-hydrogen) atoms. The molecule has 0 aromatic heterocycles. The molecule has 1 saturated heterocycles. The van der Waals surface area contributed by atoms with Gasteiger partial charge in [-0.25, -0.2) is 0 Å². The molecule has 1 aliphatic rings. The van der Waals surface area contributed by atoms with Crippen molar-refractivity contribution in [1.82, 2.24) is 0 Å². The van der Waals surface area contributed by atoms with Crippen molar-refractivity contribution in [2.45, 2.75) is 109 Å². The molecule has 2 atom stereocenters. The minimum absolute atomic E-state index is 0.0456. The summed E-state index contributed by atoms with van der Waals surface area (Å²) in [6.45, 7) is 28.2. The molecule has 152 valence electrons. The summed E-state index contributed by atoms with van der Waals surface area (Å²) < 4.78 is 19.3. The van der Waals surface area contributed by atoms with Crippen LogP contribution in [-0.4, -0.2) is 37.5 Å².